The van der Waals surface area contributed by atoms with Crippen LogP contribution in [-0.4, -0.2) is 46.8 Å². The van der Waals surface area contributed by atoms with Crippen molar-refractivity contribution in [1.29, 1.82) is 0 Å². The molecule has 18 heavy (non-hydrogen) atoms. The van der Waals surface area contributed by atoms with Crippen molar-refractivity contribution in [3.05, 3.63) is 10.5 Å². The van der Waals surface area contributed by atoms with E-state index in [1.165, 1.54) is 0 Å². The van der Waals surface area contributed by atoms with Crippen molar-refractivity contribution in [2.24, 2.45) is 0 Å². The Hall–Kier alpha value is -0.790. The number of nitrogens with zero attached hydrogens (tertiary/aromatic N) is 2. The van der Waals surface area contributed by atoms with E-state index in [1.807, 2.05) is 0 Å². The first-order valence-corrected chi connectivity index (χ1v) is 7.26. The van der Waals surface area contributed by atoms with Crippen LogP contribution in [0.4, 0.5) is 0 Å². The number of H-pyrrole nitrogens is 1. The van der Waals surface area contributed by atoms with Crippen LogP contribution in [-0.2, 0) is 4.74 Å². The maximum absolute atomic E-state index is 11.6. The molecule has 2 rings (SSSR count). The first-order chi connectivity index (χ1) is 8.76. The van der Waals surface area contributed by atoms with Crippen LogP contribution < -0.4 is 11.0 Å². The van der Waals surface area contributed by atoms with Gasteiger partial charge in [-0.15, -0.1) is 5.10 Å². The third-order valence-electron chi connectivity index (χ3n) is 2.86. The molecule has 1 fully saturated rings. The molecule has 7 heteroatoms. The monoisotopic (exact) mass is 272 g/mol. The number of hydrogen-bond donors (Lipinski definition) is 2. The lowest BCUT2D eigenvalue weighted by molar-refractivity contribution is 0.174. The minimum absolute atomic E-state index is 0.0910. The van der Waals surface area contributed by atoms with Gasteiger partial charge in [0.25, 0.3) is 0 Å². The van der Waals surface area contributed by atoms with E-state index in [9.17, 15) is 4.79 Å². The Bertz CT molecular complexity index is 421. The zero-order valence-corrected chi connectivity index (χ0v) is 11.6. The second kappa shape index (κ2) is 6.40. The predicted molar refractivity (Wildman–Crippen MR) is 71.2 cm³/mol. The van der Waals surface area contributed by atoms with E-state index in [1.54, 1.807) is 23.4 Å². The fraction of sp³-hybridized carbons (Fsp3) is 0.818. The number of methoxy groups -OCH3 is 1. The summed E-state index contributed by atoms with van der Waals surface area (Å²) in [7, 11) is 1.70. The highest BCUT2D eigenvalue weighted by Gasteiger charge is 2.28. The molecular weight excluding hydrogens is 252 g/mol. The first kappa shape index (κ1) is 13.6. The Balaban J connectivity index is 1.94. The highest BCUT2D eigenvalue weighted by Crippen LogP contribution is 2.36. The summed E-state index contributed by atoms with van der Waals surface area (Å²) >= 11 is 1.60. The Kier molecular flexibility index (Phi) is 4.85. The van der Waals surface area contributed by atoms with Gasteiger partial charge in [0, 0.05) is 24.9 Å². The molecule has 1 aliphatic carbocycles. The number of aromatic amines is 1. The summed E-state index contributed by atoms with van der Waals surface area (Å²) < 4.78 is 6.95. The molecule has 1 heterocycles. The van der Waals surface area contributed by atoms with Crippen LogP contribution in [0.15, 0.2) is 9.95 Å². The van der Waals surface area contributed by atoms with Crippen LogP contribution in [0.1, 0.15) is 25.8 Å². The zero-order valence-electron chi connectivity index (χ0n) is 10.8. The molecule has 6 nitrogen and oxygen atoms in total. The molecule has 102 valence electrons. The van der Waals surface area contributed by atoms with Crippen LogP contribution in [0.25, 0.3) is 0 Å². The van der Waals surface area contributed by atoms with Gasteiger partial charge in [0.2, 0.25) is 0 Å². The minimum atomic E-state index is -0.0910. The summed E-state index contributed by atoms with van der Waals surface area (Å²) in [6.45, 7) is 3.64. The molecule has 0 aromatic carbocycles. The fourth-order valence-corrected chi connectivity index (χ4v) is 2.92. The lowest BCUT2D eigenvalue weighted by Crippen LogP contribution is -2.35. The van der Waals surface area contributed by atoms with E-state index in [-0.39, 0.29) is 11.7 Å². The third-order valence-corrected chi connectivity index (χ3v) is 3.97. The minimum Gasteiger partial charge on any atom is -0.383 e. The predicted octanol–water partition coefficient (Wildman–Crippen LogP) is 0.623. The molecular formula is C11H20N4O2S. The summed E-state index contributed by atoms with van der Waals surface area (Å²) in [5.74, 6) is 0.846. The van der Waals surface area contributed by atoms with Crippen molar-refractivity contribution in [3.8, 4) is 0 Å². The Labute approximate surface area is 110 Å². The molecule has 0 bridgehead atoms. The Morgan fingerprint density at radius 1 is 1.67 bits per heavy atom. The maximum Gasteiger partial charge on any atom is 0.344 e. The number of aromatic nitrogens is 3. The molecule has 0 aliphatic heterocycles. The van der Waals surface area contributed by atoms with Gasteiger partial charge in [-0.2, -0.15) is 0 Å². The molecule has 1 unspecified atom stereocenters. The van der Waals surface area contributed by atoms with E-state index in [4.69, 9.17) is 4.74 Å². The standard InChI is InChI=1S/C11H20N4O2S/c1-3-12-8(6-17-2)7-18-11-14-13-10(16)15(11)9-4-5-9/h8-9,12H,3-7H2,1-2H3,(H,13,16). The van der Waals surface area contributed by atoms with E-state index in [0.717, 1.165) is 30.3 Å². The Morgan fingerprint density at radius 3 is 3.06 bits per heavy atom. The molecule has 1 aromatic rings. The van der Waals surface area contributed by atoms with E-state index >= 15 is 0 Å². The van der Waals surface area contributed by atoms with Gasteiger partial charge in [0.15, 0.2) is 5.16 Å². The van der Waals surface area contributed by atoms with Gasteiger partial charge in [-0.05, 0) is 19.4 Å². The van der Waals surface area contributed by atoms with Crippen LogP contribution in [0.3, 0.4) is 0 Å². The number of rotatable bonds is 8. The van der Waals surface area contributed by atoms with Crippen LogP contribution >= 0.6 is 11.8 Å². The van der Waals surface area contributed by atoms with Crippen LogP contribution in [0.5, 0.6) is 0 Å². The topological polar surface area (TPSA) is 71.9 Å². The summed E-state index contributed by atoms with van der Waals surface area (Å²) in [6, 6.07) is 0.642. The normalized spacial score (nSPS) is 17.0. The molecule has 1 aromatic heterocycles. The molecule has 1 saturated carbocycles. The van der Waals surface area contributed by atoms with Crippen molar-refractivity contribution < 1.29 is 4.74 Å². The number of thioether (sulfide) groups is 1. The number of hydrogen-bond acceptors (Lipinski definition) is 5. The summed E-state index contributed by atoms with van der Waals surface area (Å²) in [4.78, 5) is 11.6. The van der Waals surface area contributed by atoms with E-state index < -0.39 is 0 Å². The lowest BCUT2D eigenvalue weighted by Gasteiger charge is -2.16. The van der Waals surface area contributed by atoms with E-state index in [0.29, 0.717) is 12.6 Å². The van der Waals surface area contributed by atoms with Crippen LogP contribution in [0.2, 0.25) is 0 Å². The van der Waals surface area contributed by atoms with E-state index in [2.05, 4.69) is 22.4 Å². The third kappa shape index (κ3) is 3.37. The molecule has 1 aliphatic rings. The molecule has 0 amide bonds. The van der Waals surface area contributed by atoms with Crippen LogP contribution in [0, 0.1) is 0 Å². The quantitative estimate of drug-likeness (QED) is 0.679. The second-order valence-electron chi connectivity index (χ2n) is 4.43. The van der Waals surface area contributed by atoms with Gasteiger partial charge in [-0.3, -0.25) is 4.57 Å². The van der Waals surface area contributed by atoms with Gasteiger partial charge in [0.05, 0.1) is 6.61 Å². The Morgan fingerprint density at radius 2 is 2.44 bits per heavy atom. The van der Waals surface area contributed by atoms with Gasteiger partial charge in [0.1, 0.15) is 0 Å². The largest absolute Gasteiger partial charge is 0.383 e. The van der Waals surface area contributed by atoms with Crippen molar-refractivity contribution in [1.82, 2.24) is 20.1 Å². The highest BCUT2D eigenvalue weighted by atomic mass is 32.2. The fourth-order valence-electron chi connectivity index (χ4n) is 1.88. The summed E-state index contributed by atoms with van der Waals surface area (Å²) in [6.07, 6.45) is 2.17. The zero-order chi connectivity index (χ0) is 13.0. The second-order valence-corrected chi connectivity index (χ2v) is 5.42. The first-order valence-electron chi connectivity index (χ1n) is 6.28. The number of likely N-dealkylation sites (N-methyl/N-ethyl adjacent to an activating group) is 1. The molecule has 0 radical (unpaired) electrons. The molecule has 0 saturated heterocycles. The lowest BCUT2D eigenvalue weighted by atomic mass is 10.3. The SMILES string of the molecule is CCNC(COC)CSc1n[nH]c(=O)n1C1CC1. The van der Waals surface area contributed by atoms with Crippen molar-refractivity contribution in [3.63, 3.8) is 0 Å². The molecule has 2 N–H and O–H groups in total. The van der Waals surface area contributed by atoms with Gasteiger partial charge < -0.3 is 10.1 Å². The average molecular weight is 272 g/mol. The van der Waals surface area contributed by atoms with Gasteiger partial charge >= 0.3 is 5.69 Å². The smallest absolute Gasteiger partial charge is 0.344 e. The number of nitrogens with one attached hydrogen (secondary N) is 2. The average Bonchev–Trinajstić information content (AvgIpc) is 3.11. The highest BCUT2D eigenvalue weighted by molar-refractivity contribution is 7.99. The molecule has 0 spiro atoms. The molecule has 1 atom stereocenters. The maximum atomic E-state index is 11.6. The van der Waals surface area contributed by atoms with Gasteiger partial charge in [-0.25, -0.2) is 9.89 Å². The van der Waals surface area contributed by atoms with Crippen molar-refractivity contribution in [2.45, 2.75) is 37.0 Å². The number of ether oxygens (including phenoxy) is 1. The van der Waals surface area contributed by atoms with Gasteiger partial charge in [-0.1, -0.05) is 18.7 Å². The summed E-state index contributed by atoms with van der Waals surface area (Å²) in [5, 5.41) is 10.8. The van der Waals surface area contributed by atoms with Crippen molar-refractivity contribution in [2.75, 3.05) is 26.0 Å². The summed E-state index contributed by atoms with van der Waals surface area (Å²) in [5.41, 5.74) is -0.0910. The van der Waals surface area contributed by atoms with Crippen molar-refractivity contribution >= 4 is 11.8 Å².